The molecule has 7 heteroatoms. The van der Waals surface area contributed by atoms with Crippen molar-refractivity contribution in [3.8, 4) is 0 Å². The highest BCUT2D eigenvalue weighted by atomic mass is 32.1. The van der Waals surface area contributed by atoms with E-state index in [1.165, 1.54) is 30.4 Å². The number of rotatable bonds is 4. The first-order valence-electron chi connectivity index (χ1n) is 8.60. The lowest BCUT2D eigenvalue weighted by atomic mass is 10.00. The molecule has 2 bridgehead atoms. The molecular weight excluding hydrogens is 338 g/mol. The van der Waals surface area contributed by atoms with E-state index in [4.69, 9.17) is 4.42 Å². The number of nitrogens with one attached hydrogen (secondary N) is 3. The fraction of sp³-hybridized carbons (Fsp3) is 0.444. The summed E-state index contributed by atoms with van der Waals surface area (Å²) in [6, 6.07) is 6.41. The second-order valence-corrected chi connectivity index (χ2v) is 7.89. The Labute approximate surface area is 150 Å². The minimum absolute atomic E-state index is 0.0488. The first-order chi connectivity index (χ1) is 12.1. The highest BCUT2D eigenvalue weighted by Gasteiger charge is 2.34. The van der Waals surface area contributed by atoms with E-state index in [9.17, 15) is 9.59 Å². The first kappa shape index (κ1) is 16.4. The van der Waals surface area contributed by atoms with Crippen LogP contribution in [0.3, 0.4) is 0 Å². The molecule has 0 spiro atoms. The largest absolute Gasteiger partial charge is 0.459 e. The molecule has 4 heterocycles. The molecule has 2 aliphatic heterocycles. The molecular formula is C18H21N3O3S. The number of hydrogen-bond donors (Lipinski definition) is 3. The van der Waals surface area contributed by atoms with Gasteiger partial charge in [0.2, 0.25) is 0 Å². The van der Waals surface area contributed by atoms with E-state index in [-0.39, 0.29) is 23.6 Å². The molecule has 2 saturated heterocycles. The maximum atomic E-state index is 12.6. The van der Waals surface area contributed by atoms with Gasteiger partial charge in [0.05, 0.1) is 16.1 Å². The Morgan fingerprint density at radius 3 is 2.68 bits per heavy atom. The van der Waals surface area contributed by atoms with Gasteiger partial charge in [0.25, 0.3) is 11.8 Å². The number of amides is 2. The first-order valence-corrected chi connectivity index (χ1v) is 9.42. The normalized spacial score (nSPS) is 24.9. The molecule has 3 N–H and O–H groups in total. The molecule has 2 amide bonds. The van der Waals surface area contributed by atoms with E-state index in [0.29, 0.717) is 22.0 Å². The van der Waals surface area contributed by atoms with Crippen LogP contribution in [0.4, 0.5) is 5.00 Å². The fourth-order valence-corrected chi connectivity index (χ4v) is 4.75. The smallest absolute Gasteiger partial charge is 0.291 e. The van der Waals surface area contributed by atoms with Crippen molar-refractivity contribution in [1.29, 1.82) is 0 Å². The van der Waals surface area contributed by atoms with Crippen LogP contribution in [0.1, 0.15) is 51.5 Å². The number of hydrogen-bond acceptors (Lipinski definition) is 5. The number of carbonyl (C=O) groups is 2. The maximum Gasteiger partial charge on any atom is 0.291 e. The highest BCUT2D eigenvalue weighted by molar-refractivity contribution is 7.18. The summed E-state index contributed by atoms with van der Waals surface area (Å²) in [6.07, 6.45) is 5.86. The van der Waals surface area contributed by atoms with Crippen molar-refractivity contribution in [2.75, 3.05) is 5.32 Å². The molecule has 0 radical (unpaired) electrons. The number of fused-ring (bicyclic) bond motifs is 2. The van der Waals surface area contributed by atoms with E-state index >= 15 is 0 Å². The summed E-state index contributed by atoms with van der Waals surface area (Å²) < 4.78 is 5.09. The van der Waals surface area contributed by atoms with Crippen LogP contribution in [-0.4, -0.2) is 29.9 Å². The van der Waals surface area contributed by atoms with E-state index < -0.39 is 0 Å². The minimum atomic E-state index is -0.312. The van der Waals surface area contributed by atoms with Crippen LogP contribution in [-0.2, 0) is 0 Å². The van der Waals surface area contributed by atoms with Gasteiger partial charge < -0.3 is 20.4 Å². The average Bonchev–Trinajstić information content (AvgIpc) is 3.28. The Balaban J connectivity index is 1.41. The third kappa shape index (κ3) is 3.48. The van der Waals surface area contributed by atoms with E-state index in [1.807, 2.05) is 13.0 Å². The molecule has 2 atom stereocenters. The fourth-order valence-electron chi connectivity index (χ4n) is 3.78. The second-order valence-electron chi connectivity index (χ2n) is 6.83. The monoisotopic (exact) mass is 359 g/mol. The Morgan fingerprint density at radius 2 is 2.00 bits per heavy atom. The zero-order valence-corrected chi connectivity index (χ0v) is 14.8. The van der Waals surface area contributed by atoms with Crippen molar-refractivity contribution in [1.82, 2.24) is 10.6 Å². The average molecular weight is 359 g/mol. The summed E-state index contributed by atoms with van der Waals surface area (Å²) in [7, 11) is 0. The van der Waals surface area contributed by atoms with E-state index in [1.54, 1.807) is 12.1 Å². The van der Waals surface area contributed by atoms with Crippen LogP contribution in [0, 0.1) is 6.92 Å². The predicted octanol–water partition coefficient (Wildman–Crippen LogP) is 2.91. The van der Waals surface area contributed by atoms with Gasteiger partial charge in [-0.05, 0) is 56.4 Å². The van der Waals surface area contributed by atoms with Crippen LogP contribution < -0.4 is 16.0 Å². The van der Waals surface area contributed by atoms with Crippen molar-refractivity contribution in [2.24, 2.45) is 0 Å². The van der Waals surface area contributed by atoms with Gasteiger partial charge in [-0.2, -0.15) is 0 Å². The van der Waals surface area contributed by atoms with Gasteiger partial charge in [-0.25, -0.2) is 0 Å². The summed E-state index contributed by atoms with van der Waals surface area (Å²) in [4.78, 5) is 25.4. The van der Waals surface area contributed by atoms with Crippen LogP contribution in [0.5, 0.6) is 0 Å². The van der Waals surface area contributed by atoms with Crippen LogP contribution in [0.25, 0.3) is 0 Å². The molecule has 4 rings (SSSR count). The number of furan rings is 1. The predicted molar refractivity (Wildman–Crippen MR) is 96.2 cm³/mol. The molecule has 0 aromatic carbocycles. The Morgan fingerprint density at radius 1 is 1.24 bits per heavy atom. The van der Waals surface area contributed by atoms with Gasteiger partial charge in [0, 0.05) is 18.1 Å². The van der Waals surface area contributed by atoms with Crippen LogP contribution in [0.15, 0.2) is 28.9 Å². The van der Waals surface area contributed by atoms with Crippen LogP contribution >= 0.6 is 11.3 Å². The summed E-state index contributed by atoms with van der Waals surface area (Å²) in [5, 5.41) is 10.2. The third-order valence-electron chi connectivity index (χ3n) is 4.91. The number of carbonyl (C=O) groups excluding carboxylic acids is 2. The lowest BCUT2D eigenvalue weighted by Gasteiger charge is -2.29. The molecule has 2 aromatic heterocycles. The quantitative estimate of drug-likeness (QED) is 0.784. The van der Waals surface area contributed by atoms with Crippen molar-refractivity contribution in [3.05, 3.63) is 40.7 Å². The summed E-state index contributed by atoms with van der Waals surface area (Å²) >= 11 is 1.30. The van der Waals surface area contributed by atoms with Crippen molar-refractivity contribution in [3.63, 3.8) is 0 Å². The topological polar surface area (TPSA) is 83.4 Å². The lowest BCUT2D eigenvalue weighted by Crippen LogP contribution is -2.47. The molecule has 2 aliphatic rings. The van der Waals surface area contributed by atoms with Crippen molar-refractivity contribution < 1.29 is 14.0 Å². The number of thiophene rings is 1. The SMILES string of the molecule is Cc1cc(NC(=O)c2ccco2)sc1C(=O)NC1CC2CCC(C1)N2. The summed E-state index contributed by atoms with van der Waals surface area (Å²) in [5.74, 6) is -0.109. The zero-order chi connectivity index (χ0) is 17.4. The molecule has 2 unspecified atom stereocenters. The summed E-state index contributed by atoms with van der Waals surface area (Å²) in [5.41, 5.74) is 0.870. The molecule has 6 nitrogen and oxygen atoms in total. The van der Waals surface area contributed by atoms with Gasteiger partial charge in [0.1, 0.15) is 0 Å². The number of anilines is 1. The second kappa shape index (κ2) is 6.65. The van der Waals surface area contributed by atoms with Gasteiger partial charge in [-0.1, -0.05) is 0 Å². The standard InChI is InChI=1S/C18H21N3O3S/c1-10-7-15(21-17(22)14-3-2-6-24-14)25-16(10)18(23)20-13-8-11-4-5-12(9-13)19-11/h2-3,6-7,11-13,19H,4-5,8-9H2,1H3,(H,20,23)(H,21,22). The molecule has 0 aliphatic carbocycles. The molecule has 25 heavy (non-hydrogen) atoms. The molecule has 2 aromatic rings. The van der Waals surface area contributed by atoms with Gasteiger partial charge >= 0.3 is 0 Å². The van der Waals surface area contributed by atoms with Gasteiger partial charge in [-0.15, -0.1) is 11.3 Å². The molecule has 2 fully saturated rings. The molecule has 0 saturated carbocycles. The number of aryl methyl sites for hydroxylation is 1. The van der Waals surface area contributed by atoms with E-state index in [2.05, 4.69) is 16.0 Å². The Kier molecular flexibility index (Phi) is 4.35. The van der Waals surface area contributed by atoms with Crippen molar-refractivity contribution in [2.45, 2.75) is 50.7 Å². The van der Waals surface area contributed by atoms with Gasteiger partial charge in [0.15, 0.2) is 5.76 Å². The van der Waals surface area contributed by atoms with Crippen molar-refractivity contribution >= 4 is 28.2 Å². The zero-order valence-electron chi connectivity index (χ0n) is 14.0. The minimum Gasteiger partial charge on any atom is -0.459 e. The maximum absolute atomic E-state index is 12.6. The highest BCUT2D eigenvalue weighted by Crippen LogP contribution is 2.29. The van der Waals surface area contributed by atoms with E-state index in [0.717, 1.165) is 18.4 Å². The number of piperidine rings is 1. The Bertz CT molecular complexity index is 772. The van der Waals surface area contributed by atoms with Gasteiger partial charge in [-0.3, -0.25) is 9.59 Å². The third-order valence-corrected chi connectivity index (χ3v) is 6.07. The Hall–Kier alpha value is -2.12. The van der Waals surface area contributed by atoms with Crippen LogP contribution in [0.2, 0.25) is 0 Å². The lowest BCUT2D eigenvalue weighted by molar-refractivity contribution is 0.0926. The molecule has 132 valence electrons. The summed E-state index contributed by atoms with van der Waals surface area (Å²) in [6.45, 7) is 1.89.